The molecule has 88 heavy (non-hydrogen) atoms. The monoisotopic (exact) mass is 1150 g/mol. The molecule has 0 amide bonds. The zero-order chi connectivity index (χ0) is 60.5. The van der Waals surface area contributed by atoms with E-state index in [9.17, 15) is 0 Å². The van der Waals surface area contributed by atoms with E-state index >= 15 is 0 Å². The summed E-state index contributed by atoms with van der Waals surface area (Å²) in [5.41, 5.74) is 28.0. The highest BCUT2D eigenvalue weighted by atomic mass is 28.3. The van der Waals surface area contributed by atoms with E-state index in [4.69, 9.17) is 0 Å². The van der Waals surface area contributed by atoms with E-state index in [2.05, 4.69) is 361 Å². The zero-order valence-electron chi connectivity index (χ0n) is 52.1. The average Bonchev–Trinajstić information content (AvgIpc) is 0.695. The summed E-state index contributed by atoms with van der Waals surface area (Å²) in [4.78, 5) is 7.83. The van der Waals surface area contributed by atoms with Crippen LogP contribution >= 0.6 is 0 Å². The maximum Gasteiger partial charge on any atom is 0.252 e. The first-order valence-corrected chi connectivity index (χ1v) is 34.7. The third-order valence-electron chi connectivity index (χ3n) is 18.1. The first-order valence-electron chi connectivity index (χ1n) is 31.2. The lowest BCUT2D eigenvalue weighted by atomic mass is 9.33. The summed E-state index contributed by atoms with van der Waals surface area (Å²) in [6.45, 7) is 21.4. The number of benzene rings is 12. The van der Waals surface area contributed by atoms with Gasteiger partial charge in [0.05, 0.1) is 19.4 Å². The highest BCUT2D eigenvalue weighted by Gasteiger charge is 2.46. The van der Waals surface area contributed by atoms with E-state index in [-0.39, 0.29) is 17.5 Å². The molecule has 14 rings (SSSR count). The van der Waals surface area contributed by atoms with Gasteiger partial charge in [0.15, 0.2) is 0 Å². The first kappa shape index (κ1) is 56.1. The summed E-state index contributed by atoms with van der Waals surface area (Å²) in [6, 6.07) is 107. The van der Waals surface area contributed by atoms with Gasteiger partial charge >= 0.3 is 0 Å². The Bertz CT molecular complexity index is 4370. The molecule has 0 bridgehead atoms. The van der Waals surface area contributed by atoms with Crippen molar-refractivity contribution in [1.82, 2.24) is 0 Å². The summed E-state index contributed by atoms with van der Waals surface area (Å²) in [7, 11) is -1.94. The van der Waals surface area contributed by atoms with Crippen LogP contribution in [0.3, 0.4) is 0 Å². The van der Waals surface area contributed by atoms with E-state index in [0.717, 1.165) is 67.8 Å². The molecule has 0 N–H and O–H groups in total. The van der Waals surface area contributed by atoms with Gasteiger partial charge in [0.2, 0.25) is 0 Å². The molecule has 0 unspecified atom stereocenters. The highest BCUT2D eigenvalue weighted by molar-refractivity contribution is 7.01. The van der Waals surface area contributed by atoms with Crippen LogP contribution in [0.25, 0.3) is 55.6 Å². The minimum Gasteiger partial charge on any atom is -0.310 e. The molecule has 0 spiro atoms. The second-order valence-electron chi connectivity index (χ2n) is 27.0. The summed E-state index contributed by atoms with van der Waals surface area (Å²) in [5.74, 6) is 0. The van der Waals surface area contributed by atoms with Crippen molar-refractivity contribution in [1.29, 1.82) is 0 Å². The van der Waals surface area contributed by atoms with Crippen molar-refractivity contribution < 1.29 is 0 Å². The second kappa shape index (κ2) is 22.2. The minimum absolute atomic E-state index is 0.149. The molecule has 3 nitrogen and oxygen atoms in total. The smallest absolute Gasteiger partial charge is 0.252 e. The number of rotatable bonds is 11. The fourth-order valence-electron chi connectivity index (χ4n) is 13.4. The van der Waals surface area contributed by atoms with Crippen LogP contribution in [0.2, 0.25) is 19.6 Å². The fourth-order valence-corrected chi connectivity index (χ4v) is 14.6. The molecule has 5 heteroatoms. The van der Waals surface area contributed by atoms with Gasteiger partial charge in [-0.25, -0.2) is 0 Å². The Labute approximate surface area is 523 Å². The molecule has 0 fully saturated rings. The zero-order valence-corrected chi connectivity index (χ0v) is 53.1. The van der Waals surface area contributed by atoms with Crippen molar-refractivity contribution in [2.75, 3.05) is 14.7 Å². The van der Waals surface area contributed by atoms with E-state index in [1.165, 1.54) is 71.8 Å². The van der Waals surface area contributed by atoms with Gasteiger partial charge in [-0.2, -0.15) is 0 Å². The molecule has 0 aliphatic carbocycles. The van der Waals surface area contributed by atoms with Crippen molar-refractivity contribution >= 4 is 87.5 Å². The summed E-state index contributed by atoms with van der Waals surface area (Å²) >= 11 is 0. The van der Waals surface area contributed by atoms with Crippen LogP contribution in [0.4, 0.5) is 51.2 Å². The maximum absolute atomic E-state index is 2.70. The van der Waals surface area contributed by atoms with Gasteiger partial charge in [0.1, 0.15) is 0 Å². The number of hydrogen-bond acceptors (Lipinski definition) is 3. The molecular formula is C83H74BN3Si. The van der Waals surface area contributed by atoms with Gasteiger partial charge in [-0.15, -0.1) is 0 Å². The van der Waals surface area contributed by atoms with E-state index in [0.29, 0.717) is 0 Å². The predicted molar refractivity (Wildman–Crippen MR) is 383 cm³/mol. The molecule has 0 saturated heterocycles. The van der Waals surface area contributed by atoms with Crippen LogP contribution in [0.5, 0.6) is 0 Å². The minimum atomic E-state index is -1.94. The van der Waals surface area contributed by atoms with Crippen molar-refractivity contribution in [3.63, 3.8) is 0 Å². The van der Waals surface area contributed by atoms with E-state index in [1.807, 2.05) is 0 Å². The Morgan fingerprint density at radius 1 is 0.307 bits per heavy atom. The van der Waals surface area contributed by atoms with Gasteiger partial charge in [-0.05, 0) is 151 Å². The Hall–Kier alpha value is -9.68. The Balaban J connectivity index is 1.20. The molecule has 428 valence electrons. The van der Waals surface area contributed by atoms with Gasteiger partial charge in [-0.3, -0.25) is 0 Å². The van der Waals surface area contributed by atoms with Crippen LogP contribution in [0.1, 0.15) is 52.7 Å². The lowest BCUT2D eigenvalue weighted by Gasteiger charge is -2.46. The molecule has 2 heterocycles. The number of anilines is 9. The molecule has 2 aliphatic heterocycles. The van der Waals surface area contributed by atoms with Crippen LogP contribution in [-0.2, 0) is 10.8 Å². The van der Waals surface area contributed by atoms with Crippen LogP contribution in [-0.4, -0.2) is 14.8 Å². The van der Waals surface area contributed by atoms with Crippen molar-refractivity contribution in [2.45, 2.75) is 72.0 Å². The molecule has 0 radical (unpaired) electrons. The Kier molecular flexibility index (Phi) is 14.2. The largest absolute Gasteiger partial charge is 0.310 e. The third kappa shape index (κ3) is 10.2. The topological polar surface area (TPSA) is 9.72 Å². The number of nitrogens with zero attached hydrogens (tertiary/aromatic N) is 3. The Morgan fingerprint density at radius 3 is 1.05 bits per heavy atom. The molecule has 0 saturated carbocycles. The highest BCUT2D eigenvalue weighted by Crippen LogP contribution is 2.55. The SMILES string of the molecule is CC(C)(C)c1cc(-c2ccccc2)c(N2c3ccc([Si](C)(C)C)cc3B3c4ccc(N(c5ccccc5)c5ccccc5)cc4N(c4c(-c5ccccc5)cc(C(C)(C)C)cc4-c4ccccc4)c4cc(-c5ccccc5)cc2c43)c(-c2ccccc2)c1. The Morgan fingerprint density at radius 2 is 0.670 bits per heavy atom. The van der Waals surface area contributed by atoms with Crippen molar-refractivity contribution in [3.05, 3.63) is 296 Å². The van der Waals surface area contributed by atoms with Crippen LogP contribution in [0.15, 0.2) is 285 Å². The standard InChI is InChI=1S/C83H74BN3Si/c1-82(2,3)63-51-69(58-33-19-11-20-34-58)80(70(52-63)59-35-21-12-22-36-59)86-75-48-46-68(88(7,8)9)56-74(75)84-73-47-45-67(85(65-41-27-15-28-42-65)66-43-29-16-30-44-66)55-76(73)87(78-50-62(49-77(86)79(78)84)57-31-17-10-18-32-57)81-71(60-37-23-13-24-38-60)53-64(83(4,5)6)54-72(81)61-39-25-14-26-40-61/h10-56H,1-9H3. The number of hydrogen-bond donors (Lipinski definition) is 0. The van der Waals surface area contributed by atoms with Gasteiger partial charge in [0.25, 0.3) is 6.71 Å². The lowest BCUT2D eigenvalue weighted by molar-refractivity contribution is 0.590. The predicted octanol–water partition coefficient (Wildman–Crippen LogP) is 20.7. The van der Waals surface area contributed by atoms with E-state index < -0.39 is 8.07 Å². The molecular weight excluding hydrogens is 1080 g/mol. The molecule has 12 aromatic rings. The quantitative estimate of drug-likeness (QED) is 0.120. The normalized spacial score (nSPS) is 12.8. The van der Waals surface area contributed by atoms with E-state index in [1.54, 1.807) is 0 Å². The van der Waals surface area contributed by atoms with Crippen LogP contribution in [0, 0.1) is 0 Å². The van der Waals surface area contributed by atoms with Gasteiger partial charge in [0, 0.05) is 62.1 Å². The van der Waals surface area contributed by atoms with Gasteiger partial charge < -0.3 is 14.7 Å². The third-order valence-corrected chi connectivity index (χ3v) is 20.1. The first-order chi connectivity index (χ1) is 42.6. The second-order valence-corrected chi connectivity index (χ2v) is 32.1. The lowest BCUT2D eigenvalue weighted by Crippen LogP contribution is -2.62. The van der Waals surface area contributed by atoms with Crippen LogP contribution < -0.4 is 36.3 Å². The molecule has 0 aromatic heterocycles. The number of fused-ring (bicyclic) bond motifs is 4. The summed E-state index contributed by atoms with van der Waals surface area (Å²) < 4.78 is 0. The maximum atomic E-state index is 2.70. The average molecular weight is 1150 g/mol. The number of para-hydroxylation sites is 2. The summed E-state index contributed by atoms with van der Waals surface area (Å²) in [5, 5.41) is 1.43. The van der Waals surface area contributed by atoms with Crippen molar-refractivity contribution in [2.24, 2.45) is 0 Å². The summed E-state index contributed by atoms with van der Waals surface area (Å²) in [6.07, 6.45) is 0. The molecule has 12 aromatic carbocycles. The van der Waals surface area contributed by atoms with Gasteiger partial charge in [-0.1, -0.05) is 273 Å². The fraction of sp³-hybridized carbons (Fsp3) is 0.133. The van der Waals surface area contributed by atoms with Crippen molar-refractivity contribution in [3.8, 4) is 55.6 Å². The molecule has 0 atom stereocenters. The molecule has 2 aliphatic rings.